The number of imidazole rings is 1. The van der Waals surface area contributed by atoms with Crippen LogP contribution < -0.4 is 0 Å². The first-order valence-electron chi connectivity index (χ1n) is 7.45. The molecule has 2 aromatic carbocycles. The Morgan fingerprint density at radius 2 is 2.00 bits per heavy atom. The molecule has 0 unspecified atom stereocenters. The zero-order chi connectivity index (χ0) is 16.4. The lowest BCUT2D eigenvalue weighted by Gasteiger charge is -2.16. The van der Waals surface area contributed by atoms with Crippen molar-refractivity contribution < 1.29 is 4.79 Å². The fourth-order valence-corrected chi connectivity index (χ4v) is 2.78. The van der Waals surface area contributed by atoms with Crippen LogP contribution in [0, 0.1) is 0 Å². The maximum absolute atomic E-state index is 11.5. The number of nitrogens with zero attached hydrogens (tertiary/aromatic N) is 3. The number of aromatic nitrogens is 2. The first-order chi connectivity index (χ1) is 11.0. The summed E-state index contributed by atoms with van der Waals surface area (Å²) in [4.78, 5) is 17.9. The summed E-state index contributed by atoms with van der Waals surface area (Å²) in [5, 5.41) is 0.717. The number of rotatable bonds is 4. The number of benzene rings is 2. The monoisotopic (exact) mass is 327 g/mol. The lowest BCUT2D eigenvalue weighted by molar-refractivity contribution is -0.128. The summed E-state index contributed by atoms with van der Waals surface area (Å²) in [6.07, 6.45) is 0. The zero-order valence-electron chi connectivity index (χ0n) is 13.2. The van der Waals surface area contributed by atoms with Crippen molar-refractivity contribution in [2.45, 2.75) is 20.0 Å². The normalized spacial score (nSPS) is 10.9. The predicted octanol–water partition coefficient (Wildman–Crippen LogP) is 3.72. The summed E-state index contributed by atoms with van der Waals surface area (Å²) in [5.74, 6) is 0.884. The molecule has 4 nitrogen and oxygen atoms in total. The largest absolute Gasteiger partial charge is 0.339 e. The van der Waals surface area contributed by atoms with E-state index in [2.05, 4.69) is 9.55 Å². The topological polar surface area (TPSA) is 38.1 Å². The summed E-state index contributed by atoms with van der Waals surface area (Å²) in [7, 11) is 1.78. The van der Waals surface area contributed by atoms with Gasteiger partial charge in [0.15, 0.2) is 0 Å². The molecule has 1 aromatic heterocycles. The highest BCUT2D eigenvalue weighted by atomic mass is 35.5. The highest BCUT2D eigenvalue weighted by molar-refractivity contribution is 6.30. The first kappa shape index (κ1) is 15.6. The fraction of sp³-hybridized carbons (Fsp3) is 0.222. The van der Waals surface area contributed by atoms with Gasteiger partial charge in [0.1, 0.15) is 5.82 Å². The number of fused-ring (bicyclic) bond motifs is 1. The van der Waals surface area contributed by atoms with Crippen LogP contribution in [0.5, 0.6) is 0 Å². The minimum atomic E-state index is 0.0198. The number of hydrogen-bond donors (Lipinski definition) is 0. The molecular weight excluding hydrogens is 310 g/mol. The molecule has 3 rings (SSSR count). The van der Waals surface area contributed by atoms with Gasteiger partial charge in [0.05, 0.1) is 17.6 Å². The number of para-hydroxylation sites is 2. The third-order valence-electron chi connectivity index (χ3n) is 3.88. The van der Waals surface area contributed by atoms with Gasteiger partial charge in [0.25, 0.3) is 0 Å². The zero-order valence-corrected chi connectivity index (χ0v) is 13.9. The summed E-state index contributed by atoms with van der Waals surface area (Å²) < 4.78 is 2.14. The molecule has 0 aliphatic carbocycles. The Balaban J connectivity index is 2.03. The number of carbonyl (C=O) groups is 1. The molecule has 0 aliphatic rings. The quantitative estimate of drug-likeness (QED) is 0.732. The fourth-order valence-electron chi connectivity index (χ4n) is 2.56. The van der Waals surface area contributed by atoms with Crippen molar-refractivity contribution in [2.75, 3.05) is 7.05 Å². The lowest BCUT2D eigenvalue weighted by Crippen LogP contribution is -2.25. The predicted molar refractivity (Wildman–Crippen MR) is 92.4 cm³/mol. The molecule has 1 amide bonds. The van der Waals surface area contributed by atoms with Gasteiger partial charge in [-0.1, -0.05) is 35.9 Å². The third-order valence-corrected chi connectivity index (χ3v) is 4.11. The van der Waals surface area contributed by atoms with Gasteiger partial charge in [-0.3, -0.25) is 4.79 Å². The van der Waals surface area contributed by atoms with Crippen LogP contribution in [0.1, 0.15) is 18.3 Å². The second-order valence-corrected chi connectivity index (χ2v) is 6.04. The molecule has 0 saturated carbocycles. The Bertz CT molecular complexity index is 856. The summed E-state index contributed by atoms with van der Waals surface area (Å²) in [6, 6.07) is 15.8. The molecule has 0 spiro atoms. The SMILES string of the molecule is CC(=O)N(C)Cc1nc2ccccc2n1Cc1cccc(Cl)c1. The van der Waals surface area contributed by atoms with Gasteiger partial charge < -0.3 is 9.47 Å². The highest BCUT2D eigenvalue weighted by Crippen LogP contribution is 2.20. The van der Waals surface area contributed by atoms with Gasteiger partial charge in [-0.2, -0.15) is 0 Å². The van der Waals surface area contributed by atoms with Crippen molar-refractivity contribution in [3.63, 3.8) is 0 Å². The van der Waals surface area contributed by atoms with E-state index in [1.54, 1.807) is 18.9 Å². The summed E-state index contributed by atoms with van der Waals surface area (Å²) >= 11 is 6.09. The smallest absolute Gasteiger partial charge is 0.219 e. The third kappa shape index (κ3) is 3.37. The molecule has 23 heavy (non-hydrogen) atoms. The number of hydrogen-bond acceptors (Lipinski definition) is 2. The molecule has 5 heteroatoms. The van der Waals surface area contributed by atoms with Gasteiger partial charge in [0.2, 0.25) is 5.91 Å². The van der Waals surface area contributed by atoms with Crippen LogP contribution in [0.15, 0.2) is 48.5 Å². The second-order valence-electron chi connectivity index (χ2n) is 5.61. The van der Waals surface area contributed by atoms with E-state index in [-0.39, 0.29) is 5.91 Å². The van der Waals surface area contributed by atoms with E-state index in [0.717, 1.165) is 22.4 Å². The second kappa shape index (κ2) is 6.42. The number of halogens is 1. The van der Waals surface area contributed by atoms with Crippen LogP contribution in [0.2, 0.25) is 5.02 Å². The van der Waals surface area contributed by atoms with Crippen molar-refractivity contribution in [1.82, 2.24) is 14.5 Å². The molecule has 1 heterocycles. The van der Waals surface area contributed by atoms with E-state index in [9.17, 15) is 4.79 Å². The van der Waals surface area contributed by atoms with Crippen LogP contribution in [0.25, 0.3) is 11.0 Å². The molecule has 0 bridgehead atoms. The first-order valence-corrected chi connectivity index (χ1v) is 7.82. The van der Waals surface area contributed by atoms with Gasteiger partial charge in [-0.25, -0.2) is 4.98 Å². The van der Waals surface area contributed by atoms with Crippen molar-refractivity contribution >= 4 is 28.5 Å². The van der Waals surface area contributed by atoms with Crippen LogP contribution >= 0.6 is 11.6 Å². The Labute approximate surface area is 140 Å². The Morgan fingerprint density at radius 3 is 2.74 bits per heavy atom. The molecule has 3 aromatic rings. The van der Waals surface area contributed by atoms with Gasteiger partial charge in [0, 0.05) is 25.5 Å². The lowest BCUT2D eigenvalue weighted by atomic mass is 10.2. The molecule has 0 N–H and O–H groups in total. The molecule has 0 radical (unpaired) electrons. The van der Waals surface area contributed by atoms with E-state index in [4.69, 9.17) is 11.6 Å². The molecular formula is C18H18ClN3O. The minimum Gasteiger partial charge on any atom is -0.339 e. The van der Waals surface area contributed by atoms with Crippen molar-refractivity contribution in [1.29, 1.82) is 0 Å². The minimum absolute atomic E-state index is 0.0198. The van der Waals surface area contributed by atoms with E-state index < -0.39 is 0 Å². The van der Waals surface area contributed by atoms with Gasteiger partial charge in [-0.05, 0) is 29.8 Å². The van der Waals surface area contributed by atoms with E-state index >= 15 is 0 Å². The molecule has 0 aliphatic heterocycles. The van der Waals surface area contributed by atoms with Crippen LogP contribution in [0.4, 0.5) is 0 Å². The van der Waals surface area contributed by atoms with Crippen molar-refractivity contribution in [3.05, 3.63) is 64.9 Å². The average molecular weight is 328 g/mol. The van der Waals surface area contributed by atoms with E-state index in [1.807, 2.05) is 48.5 Å². The van der Waals surface area contributed by atoms with Gasteiger partial charge >= 0.3 is 0 Å². The molecule has 0 fully saturated rings. The van der Waals surface area contributed by atoms with E-state index in [0.29, 0.717) is 18.1 Å². The maximum Gasteiger partial charge on any atom is 0.219 e. The Kier molecular flexibility index (Phi) is 4.35. The van der Waals surface area contributed by atoms with E-state index in [1.165, 1.54) is 0 Å². The number of amides is 1. The Hall–Kier alpha value is -2.33. The standard InChI is InChI=1S/C18H18ClN3O/c1-13(23)21(2)12-18-20-16-8-3-4-9-17(16)22(18)11-14-6-5-7-15(19)10-14/h3-10H,11-12H2,1-2H3. The molecule has 118 valence electrons. The van der Waals surface area contributed by atoms with Crippen molar-refractivity contribution in [2.24, 2.45) is 0 Å². The summed E-state index contributed by atoms with van der Waals surface area (Å²) in [5.41, 5.74) is 3.09. The molecule has 0 atom stereocenters. The Morgan fingerprint density at radius 1 is 1.22 bits per heavy atom. The number of carbonyl (C=O) groups excluding carboxylic acids is 1. The van der Waals surface area contributed by atoms with Gasteiger partial charge in [-0.15, -0.1) is 0 Å². The van der Waals surface area contributed by atoms with Crippen LogP contribution in [-0.4, -0.2) is 27.4 Å². The average Bonchev–Trinajstić information content (AvgIpc) is 2.85. The molecule has 0 saturated heterocycles. The van der Waals surface area contributed by atoms with Crippen LogP contribution in [0.3, 0.4) is 0 Å². The maximum atomic E-state index is 11.5. The summed E-state index contributed by atoms with van der Waals surface area (Å²) in [6.45, 7) is 2.71. The highest BCUT2D eigenvalue weighted by Gasteiger charge is 2.14. The van der Waals surface area contributed by atoms with Crippen molar-refractivity contribution in [3.8, 4) is 0 Å². The van der Waals surface area contributed by atoms with Crippen LogP contribution in [-0.2, 0) is 17.9 Å².